The number of carbonyl (C=O) groups is 1. The maximum atomic E-state index is 12.6. The smallest absolute Gasteiger partial charge is 0.255 e. The van der Waals surface area contributed by atoms with Crippen molar-refractivity contribution in [2.45, 2.75) is 26.1 Å². The van der Waals surface area contributed by atoms with Crippen LogP contribution < -0.4 is 0 Å². The maximum absolute atomic E-state index is 12.6. The van der Waals surface area contributed by atoms with E-state index in [0.717, 1.165) is 23.6 Å². The predicted molar refractivity (Wildman–Crippen MR) is 85.1 cm³/mol. The molecule has 0 radical (unpaired) electrons. The highest BCUT2D eigenvalue weighted by Gasteiger charge is 2.30. The quantitative estimate of drug-likeness (QED) is 0.735. The van der Waals surface area contributed by atoms with Gasteiger partial charge >= 0.3 is 0 Å². The van der Waals surface area contributed by atoms with Crippen LogP contribution in [0.5, 0.6) is 0 Å². The van der Waals surface area contributed by atoms with Gasteiger partial charge in [0.15, 0.2) is 0 Å². The number of hydrogen-bond donors (Lipinski definition) is 0. The fourth-order valence-electron chi connectivity index (χ4n) is 3.00. The third-order valence-electron chi connectivity index (χ3n) is 4.19. The summed E-state index contributed by atoms with van der Waals surface area (Å²) in [7, 11) is 0. The van der Waals surface area contributed by atoms with E-state index in [-0.39, 0.29) is 11.9 Å². The van der Waals surface area contributed by atoms with E-state index in [4.69, 9.17) is 0 Å². The fourth-order valence-corrected chi connectivity index (χ4v) is 3.63. The second-order valence-corrected chi connectivity index (χ2v) is 6.32. The number of aromatic nitrogens is 5. The molecule has 8 heteroatoms. The molecule has 118 valence electrons. The van der Waals surface area contributed by atoms with E-state index >= 15 is 0 Å². The Morgan fingerprint density at radius 3 is 3.09 bits per heavy atom. The number of imidazole rings is 1. The zero-order valence-corrected chi connectivity index (χ0v) is 13.5. The van der Waals surface area contributed by atoms with Gasteiger partial charge in [-0.25, -0.2) is 14.6 Å². The molecule has 0 saturated carbocycles. The number of rotatable bonds is 3. The second-order valence-electron chi connectivity index (χ2n) is 5.54. The molecule has 4 heterocycles. The molecule has 0 fully saturated rings. The van der Waals surface area contributed by atoms with Crippen LogP contribution in [0.3, 0.4) is 0 Å². The summed E-state index contributed by atoms with van der Waals surface area (Å²) in [5, 5.41) is 7.96. The lowest BCUT2D eigenvalue weighted by atomic mass is 10.1. The summed E-state index contributed by atoms with van der Waals surface area (Å²) in [6.07, 6.45) is 5.09. The third kappa shape index (κ3) is 2.44. The number of thiophene rings is 1. The molecule has 0 N–H and O–H groups in total. The van der Waals surface area contributed by atoms with Crippen LogP contribution in [0.4, 0.5) is 0 Å². The van der Waals surface area contributed by atoms with Gasteiger partial charge in [-0.3, -0.25) is 4.79 Å². The monoisotopic (exact) mass is 328 g/mol. The van der Waals surface area contributed by atoms with E-state index in [1.54, 1.807) is 22.3 Å². The lowest BCUT2D eigenvalue weighted by molar-refractivity contribution is 0.0636. The largest absolute Gasteiger partial charge is 0.327 e. The maximum Gasteiger partial charge on any atom is 0.255 e. The summed E-state index contributed by atoms with van der Waals surface area (Å²) in [6.45, 7) is 4.10. The number of fused-ring (bicyclic) bond motifs is 1. The Morgan fingerprint density at radius 1 is 1.43 bits per heavy atom. The first-order valence-corrected chi connectivity index (χ1v) is 8.38. The lowest BCUT2D eigenvalue weighted by Crippen LogP contribution is -2.41. The molecular weight excluding hydrogens is 312 g/mol. The summed E-state index contributed by atoms with van der Waals surface area (Å²) in [4.78, 5) is 23.0. The first-order chi connectivity index (χ1) is 11.2. The van der Waals surface area contributed by atoms with Crippen LogP contribution in [-0.4, -0.2) is 41.7 Å². The van der Waals surface area contributed by atoms with Crippen molar-refractivity contribution in [2.24, 2.45) is 0 Å². The summed E-state index contributed by atoms with van der Waals surface area (Å²) >= 11 is 1.54. The minimum atomic E-state index is -0.0411. The van der Waals surface area contributed by atoms with Crippen molar-refractivity contribution in [2.75, 3.05) is 6.54 Å². The van der Waals surface area contributed by atoms with Crippen molar-refractivity contribution in [3.63, 3.8) is 0 Å². The highest BCUT2D eigenvalue weighted by atomic mass is 32.1. The van der Waals surface area contributed by atoms with Crippen molar-refractivity contribution in [3.05, 3.63) is 52.8 Å². The number of hydrogen-bond acceptors (Lipinski definition) is 5. The first-order valence-electron chi connectivity index (χ1n) is 7.44. The van der Waals surface area contributed by atoms with Gasteiger partial charge in [-0.05, 0) is 18.4 Å². The second kappa shape index (κ2) is 5.62. The molecule has 23 heavy (non-hydrogen) atoms. The average Bonchev–Trinajstić information content (AvgIpc) is 3.30. The minimum absolute atomic E-state index is 0.0411. The molecule has 1 amide bonds. The SMILES string of the molecule is C[C@@H]1c2ncc(Cn3cncn3)n2CCN1C(=O)c1ccsc1. The van der Waals surface area contributed by atoms with Crippen molar-refractivity contribution < 1.29 is 4.79 Å². The van der Waals surface area contributed by atoms with Gasteiger partial charge in [0.1, 0.15) is 18.5 Å². The summed E-state index contributed by atoms with van der Waals surface area (Å²) < 4.78 is 3.96. The van der Waals surface area contributed by atoms with E-state index in [9.17, 15) is 4.79 Å². The molecule has 1 atom stereocenters. The van der Waals surface area contributed by atoms with E-state index in [0.29, 0.717) is 13.1 Å². The van der Waals surface area contributed by atoms with Crippen molar-refractivity contribution in [1.29, 1.82) is 0 Å². The standard InChI is InChI=1S/C15H16N6OS/c1-11-14-17-6-13(7-19-10-16-9-18-19)21(14)4-3-20(11)15(22)12-2-5-23-8-12/h2,5-6,8-11H,3-4,7H2,1H3/t11-/m1/s1. The molecule has 0 bridgehead atoms. The molecule has 0 aliphatic carbocycles. The van der Waals surface area contributed by atoms with Crippen LogP contribution in [0.1, 0.15) is 34.8 Å². The van der Waals surface area contributed by atoms with Gasteiger partial charge in [0.25, 0.3) is 5.91 Å². The Bertz CT molecular complexity index is 807. The molecule has 0 spiro atoms. The van der Waals surface area contributed by atoms with Gasteiger partial charge in [0.05, 0.1) is 30.0 Å². The van der Waals surface area contributed by atoms with E-state index in [1.807, 2.05) is 34.8 Å². The number of nitrogens with zero attached hydrogens (tertiary/aromatic N) is 6. The van der Waals surface area contributed by atoms with Crippen LogP contribution in [0.2, 0.25) is 0 Å². The molecule has 7 nitrogen and oxygen atoms in total. The Balaban J connectivity index is 1.59. The topological polar surface area (TPSA) is 68.8 Å². The van der Waals surface area contributed by atoms with Crippen LogP contribution in [0.25, 0.3) is 0 Å². The number of carbonyl (C=O) groups excluding carboxylic acids is 1. The van der Waals surface area contributed by atoms with E-state index in [2.05, 4.69) is 19.6 Å². The zero-order chi connectivity index (χ0) is 15.8. The minimum Gasteiger partial charge on any atom is -0.327 e. The Kier molecular flexibility index (Phi) is 3.45. The highest BCUT2D eigenvalue weighted by molar-refractivity contribution is 7.08. The van der Waals surface area contributed by atoms with Gasteiger partial charge in [-0.2, -0.15) is 16.4 Å². The van der Waals surface area contributed by atoms with E-state index in [1.165, 1.54) is 6.33 Å². The van der Waals surface area contributed by atoms with Gasteiger partial charge in [0.2, 0.25) is 0 Å². The zero-order valence-electron chi connectivity index (χ0n) is 12.7. The van der Waals surface area contributed by atoms with Gasteiger partial charge in [0, 0.05) is 18.5 Å². The summed E-state index contributed by atoms with van der Waals surface area (Å²) in [6, 6.07) is 1.83. The van der Waals surface area contributed by atoms with Gasteiger partial charge < -0.3 is 9.47 Å². The molecule has 1 aliphatic rings. The van der Waals surface area contributed by atoms with E-state index < -0.39 is 0 Å². The Hall–Kier alpha value is -2.48. The first kappa shape index (κ1) is 14.1. The van der Waals surface area contributed by atoms with Crippen molar-refractivity contribution in [1.82, 2.24) is 29.2 Å². The molecule has 3 aromatic heterocycles. The average molecular weight is 328 g/mol. The third-order valence-corrected chi connectivity index (χ3v) is 4.88. The molecule has 3 aromatic rings. The van der Waals surface area contributed by atoms with Crippen LogP contribution in [0, 0.1) is 0 Å². The molecular formula is C15H16N6OS. The predicted octanol–water partition coefficient (Wildman–Crippen LogP) is 1.80. The molecule has 4 rings (SSSR count). The van der Waals surface area contributed by atoms with Crippen LogP contribution >= 0.6 is 11.3 Å². The van der Waals surface area contributed by atoms with Gasteiger partial charge in [-0.15, -0.1) is 0 Å². The normalized spacial score (nSPS) is 17.3. The highest BCUT2D eigenvalue weighted by Crippen LogP contribution is 2.27. The summed E-state index contributed by atoms with van der Waals surface area (Å²) in [5.74, 6) is 1.00. The fraction of sp³-hybridized carbons (Fsp3) is 0.333. The van der Waals surface area contributed by atoms with Crippen molar-refractivity contribution >= 4 is 17.2 Å². The number of amides is 1. The van der Waals surface area contributed by atoms with Crippen LogP contribution in [0.15, 0.2) is 35.7 Å². The molecule has 0 aromatic carbocycles. The molecule has 0 saturated heterocycles. The summed E-state index contributed by atoms with van der Waals surface area (Å²) in [5.41, 5.74) is 1.84. The Morgan fingerprint density at radius 2 is 2.35 bits per heavy atom. The van der Waals surface area contributed by atoms with Crippen LogP contribution in [-0.2, 0) is 13.1 Å². The molecule has 0 unspecified atom stereocenters. The van der Waals surface area contributed by atoms with Gasteiger partial charge in [-0.1, -0.05) is 0 Å². The lowest BCUT2D eigenvalue weighted by Gasteiger charge is -2.34. The Labute approximate surface area is 137 Å². The molecule has 1 aliphatic heterocycles. The van der Waals surface area contributed by atoms with Crippen molar-refractivity contribution in [3.8, 4) is 0 Å².